The molecule has 1 fully saturated rings. The molecular weight excluding hydrogens is 421 g/mol. The van der Waals surface area contributed by atoms with Crippen LogP contribution in [0.3, 0.4) is 0 Å². The van der Waals surface area contributed by atoms with E-state index in [1.165, 1.54) is 0 Å². The van der Waals surface area contributed by atoms with Crippen molar-refractivity contribution < 1.29 is 22.4 Å². The summed E-state index contributed by atoms with van der Waals surface area (Å²) in [4.78, 5) is 0. The van der Waals surface area contributed by atoms with E-state index in [4.69, 9.17) is 14.0 Å². The Morgan fingerprint density at radius 2 is 1.91 bits per heavy atom. The highest BCUT2D eigenvalue weighted by Crippen LogP contribution is 2.43. The lowest BCUT2D eigenvalue weighted by Crippen LogP contribution is -2.36. The molecule has 1 heterocycles. The molecule has 6 nitrogen and oxygen atoms in total. The first-order valence-electron chi connectivity index (χ1n) is 7.12. The van der Waals surface area contributed by atoms with Crippen LogP contribution in [0.1, 0.15) is 38.4 Å². The van der Waals surface area contributed by atoms with Gasteiger partial charge in [0.2, 0.25) is 0 Å². The van der Waals surface area contributed by atoms with E-state index in [9.17, 15) is 8.42 Å². The molecule has 8 heteroatoms. The summed E-state index contributed by atoms with van der Waals surface area (Å²) >= 11 is 2.22. The molecule has 2 rings (SSSR count). The number of nitrogens with one attached hydrogen (secondary N) is 1. The van der Waals surface area contributed by atoms with Crippen molar-refractivity contribution in [2.45, 2.75) is 44.7 Å². The molecule has 1 aromatic rings. The fourth-order valence-corrected chi connectivity index (χ4v) is 3.63. The Kier molecular flexibility index (Phi) is 5.84. The highest BCUT2D eigenvalue weighted by Gasteiger charge is 2.46. The molecule has 0 amide bonds. The van der Waals surface area contributed by atoms with Crippen LogP contribution in [0.15, 0.2) is 24.3 Å². The highest BCUT2D eigenvalue weighted by molar-refractivity contribution is 14.1. The minimum absolute atomic E-state index is 0.0454. The van der Waals surface area contributed by atoms with Crippen molar-refractivity contribution in [2.75, 3.05) is 6.54 Å². The first-order chi connectivity index (χ1) is 10.3. The first kappa shape index (κ1) is 18.1. The van der Waals surface area contributed by atoms with Crippen LogP contribution in [0.25, 0.3) is 0 Å². The van der Waals surface area contributed by atoms with Gasteiger partial charge in [-0.15, -0.1) is 0 Å². The Morgan fingerprint density at radius 3 is 2.45 bits per heavy atom. The lowest BCUT2D eigenvalue weighted by molar-refractivity contribution is -0.179. The molecule has 1 aromatic carbocycles. The van der Waals surface area contributed by atoms with Crippen LogP contribution in [-0.2, 0) is 19.8 Å². The predicted octanol–water partition coefficient (Wildman–Crippen LogP) is 2.66. The van der Waals surface area contributed by atoms with Gasteiger partial charge in [0.25, 0.3) is 0 Å². The molecule has 22 heavy (non-hydrogen) atoms. The Bertz CT molecular complexity index is 617. The molecule has 1 aliphatic rings. The maximum Gasteiger partial charge on any atom is 0.333 e. The zero-order chi connectivity index (χ0) is 16.4. The molecule has 2 unspecified atom stereocenters. The molecule has 1 aliphatic heterocycles. The number of benzene rings is 1. The summed E-state index contributed by atoms with van der Waals surface area (Å²) in [5.74, 6) is -0.727. The molecule has 1 saturated heterocycles. The van der Waals surface area contributed by atoms with Gasteiger partial charge in [-0.2, -0.15) is 13.1 Å². The Labute approximate surface area is 144 Å². The van der Waals surface area contributed by atoms with Crippen molar-refractivity contribution in [3.05, 3.63) is 33.4 Å². The van der Waals surface area contributed by atoms with Gasteiger partial charge in [0.05, 0.1) is 0 Å². The van der Waals surface area contributed by atoms with Crippen molar-refractivity contribution in [3.63, 3.8) is 0 Å². The van der Waals surface area contributed by atoms with Gasteiger partial charge < -0.3 is 9.47 Å². The summed E-state index contributed by atoms with van der Waals surface area (Å²) < 4.78 is 46.0. The van der Waals surface area contributed by atoms with Gasteiger partial charge in [-0.3, -0.25) is 4.55 Å². The Morgan fingerprint density at radius 1 is 1.27 bits per heavy atom. The fourth-order valence-electron chi connectivity index (χ4n) is 2.56. The summed E-state index contributed by atoms with van der Waals surface area (Å²) in [5, 5.41) is 0. The van der Waals surface area contributed by atoms with Gasteiger partial charge in [0.1, 0.15) is 12.2 Å². The highest BCUT2D eigenvalue weighted by atomic mass is 127. The van der Waals surface area contributed by atoms with Crippen molar-refractivity contribution in [3.8, 4) is 0 Å². The van der Waals surface area contributed by atoms with Gasteiger partial charge in [-0.05, 0) is 47.1 Å². The second kappa shape index (κ2) is 7.10. The number of rotatable bonds is 6. The molecule has 0 spiro atoms. The van der Waals surface area contributed by atoms with Gasteiger partial charge in [0.15, 0.2) is 5.79 Å². The Balaban J connectivity index is 2.29. The minimum atomic E-state index is -4.27. The summed E-state index contributed by atoms with van der Waals surface area (Å²) in [6.07, 6.45) is 0.428. The quantitative estimate of drug-likeness (QED) is 0.524. The van der Waals surface area contributed by atoms with E-state index in [1.807, 2.05) is 38.1 Å². The smallest absolute Gasteiger partial charge is 0.333 e. The van der Waals surface area contributed by atoms with Crippen LogP contribution in [0, 0.1) is 3.57 Å². The number of ether oxygens (including phenoxy) is 2. The van der Waals surface area contributed by atoms with E-state index < -0.39 is 22.2 Å². The second-order valence-corrected chi connectivity index (χ2v) is 7.56. The topological polar surface area (TPSA) is 84.9 Å². The second-order valence-electron chi connectivity index (χ2n) is 5.16. The monoisotopic (exact) mass is 441 g/mol. The van der Waals surface area contributed by atoms with Gasteiger partial charge in [-0.25, -0.2) is 0 Å². The van der Waals surface area contributed by atoms with Gasteiger partial charge >= 0.3 is 10.3 Å². The van der Waals surface area contributed by atoms with Crippen LogP contribution < -0.4 is 4.72 Å². The molecule has 0 bridgehead atoms. The average molecular weight is 441 g/mol. The van der Waals surface area contributed by atoms with E-state index >= 15 is 0 Å². The van der Waals surface area contributed by atoms with Crippen LogP contribution in [-0.4, -0.2) is 31.4 Å². The van der Waals surface area contributed by atoms with Crippen LogP contribution in [0.4, 0.5) is 0 Å². The molecule has 124 valence electrons. The molecule has 2 N–H and O–H groups in total. The summed E-state index contributed by atoms with van der Waals surface area (Å²) in [6.45, 7) is 3.89. The lowest BCUT2D eigenvalue weighted by atomic mass is 10.0. The first-order valence-corrected chi connectivity index (χ1v) is 9.64. The third-order valence-electron chi connectivity index (χ3n) is 3.80. The van der Waals surface area contributed by atoms with Crippen LogP contribution >= 0.6 is 22.6 Å². The van der Waals surface area contributed by atoms with Crippen LogP contribution in [0.5, 0.6) is 0 Å². The molecule has 0 aliphatic carbocycles. The van der Waals surface area contributed by atoms with E-state index in [-0.39, 0.29) is 12.6 Å². The number of hydrogen-bond acceptors (Lipinski definition) is 4. The molecule has 2 atom stereocenters. The molecule has 0 radical (unpaired) electrons. The summed E-state index contributed by atoms with van der Waals surface area (Å²) in [7, 11) is -4.27. The van der Waals surface area contributed by atoms with E-state index in [2.05, 4.69) is 27.3 Å². The summed E-state index contributed by atoms with van der Waals surface area (Å²) in [5.41, 5.74) is 0.953. The summed E-state index contributed by atoms with van der Waals surface area (Å²) in [6, 6.07) is 7.74. The fraction of sp³-hybridized carbons (Fsp3) is 0.571. The van der Waals surface area contributed by atoms with Crippen LogP contribution in [0.2, 0.25) is 0 Å². The molecule has 0 saturated carbocycles. The SMILES string of the molecule is CCC1(CC)OC(CNS(=O)(=O)O)C(c2ccccc2I)O1. The van der Waals surface area contributed by atoms with Gasteiger partial charge in [0, 0.05) is 10.1 Å². The zero-order valence-corrected chi connectivity index (χ0v) is 15.4. The minimum Gasteiger partial charge on any atom is -0.342 e. The van der Waals surface area contributed by atoms with E-state index in [1.54, 1.807) is 0 Å². The third kappa shape index (κ3) is 4.18. The standard InChI is InChI=1S/C14H20INO5S/c1-3-14(4-2)20-12(9-16-22(17,18)19)13(21-14)10-7-5-6-8-11(10)15/h5-8,12-13,16H,3-4,9H2,1-2H3,(H,17,18,19). The van der Waals surface area contributed by atoms with Crippen molar-refractivity contribution in [1.29, 1.82) is 0 Å². The van der Waals surface area contributed by atoms with E-state index in [0.29, 0.717) is 12.8 Å². The van der Waals surface area contributed by atoms with Crippen molar-refractivity contribution >= 4 is 32.9 Å². The van der Waals surface area contributed by atoms with Crippen molar-refractivity contribution in [1.82, 2.24) is 4.72 Å². The number of halogens is 1. The Hall–Kier alpha value is -0.260. The predicted molar refractivity (Wildman–Crippen MR) is 90.7 cm³/mol. The molecule has 0 aromatic heterocycles. The maximum absolute atomic E-state index is 10.9. The maximum atomic E-state index is 10.9. The zero-order valence-electron chi connectivity index (χ0n) is 12.5. The van der Waals surface area contributed by atoms with Crippen molar-refractivity contribution in [2.24, 2.45) is 0 Å². The molecular formula is C14H20INO5S. The van der Waals surface area contributed by atoms with Gasteiger partial charge in [-0.1, -0.05) is 32.0 Å². The van der Waals surface area contributed by atoms with E-state index in [0.717, 1.165) is 9.13 Å². The largest absolute Gasteiger partial charge is 0.342 e. The third-order valence-corrected chi connectivity index (χ3v) is 5.32. The normalized spacial score (nSPS) is 24.5. The number of hydrogen-bond donors (Lipinski definition) is 2. The lowest BCUT2D eigenvalue weighted by Gasteiger charge is -2.25. The average Bonchev–Trinajstić information content (AvgIpc) is 2.85.